The first-order valence-electron chi connectivity index (χ1n) is 7.76. The van der Waals surface area contributed by atoms with E-state index in [4.69, 9.17) is 14.1 Å². The number of hydrogen-bond donors (Lipinski definition) is 0. The summed E-state index contributed by atoms with van der Waals surface area (Å²) in [7, 11) is 0. The summed E-state index contributed by atoms with van der Waals surface area (Å²) in [5, 5.41) is 5.72. The quantitative estimate of drug-likeness (QED) is 0.714. The molecule has 0 N–H and O–H groups in total. The van der Waals surface area contributed by atoms with Crippen molar-refractivity contribution in [2.45, 2.75) is 13.0 Å². The molecule has 3 aromatic rings. The minimum atomic E-state index is 0.251. The van der Waals surface area contributed by atoms with E-state index in [2.05, 4.69) is 15.1 Å². The second kappa shape index (κ2) is 6.67. The number of aromatic nitrogens is 3. The van der Waals surface area contributed by atoms with Crippen molar-refractivity contribution in [3.05, 3.63) is 54.5 Å². The number of ether oxygens (including phenoxy) is 1. The number of hydrogen-bond acceptors (Lipinski definition) is 7. The minimum Gasteiger partial charge on any atom is -0.485 e. The lowest BCUT2D eigenvalue weighted by atomic mass is 10.3. The van der Waals surface area contributed by atoms with Crippen molar-refractivity contribution < 1.29 is 14.1 Å². The van der Waals surface area contributed by atoms with E-state index in [0.717, 1.165) is 36.7 Å². The predicted octanol–water partition coefficient (Wildman–Crippen LogP) is 2.85. The molecule has 0 saturated carbocycles. The SMILES string of the molecule is c1ccc(OCc2noc(-c3ccc(N4CCCO4)nc3)n2)cc1. The van der Waals surface area contributed by atoms with Crippen molar-refractivity contribution in [3.63, 3.8) is 0 Å². The molecule has 7 heteroatoms. The van der Waals surface area contributed by atoms with Crippen LogP contribution in [-0.4, -0.2) is 28.3 Å². The van der Waals surface area contributed by atoms with Crippen LogP contribution in [-0.2, 0) is 11.4 Å². The predicted molar refractivity (Wildman–Crippen MR) is 86.2 cm³/mol. The van der Waals surface area contributed by atoms with Crippen LogP contribution in [0.3, 0.4) is 0 Å². The molecule has 7 nitrogen and oxygen atoms in total. The Labute approximate surface area is 138 Å². The summed E-state index contributed by atoms with van der Waals surface area (Å²) in [5.41, 5.74) is 0.761. The highest BCUT2D eigenvalue weighted by atomic mass is 16.7. The molecule has 0 aliphatic carbocycles. The van der Waals surface area contributed by atoms with Crippen LogP contribution >= 0.6 is 0 Å². The van der Waals surface area contributed by atoms with Gasteiger partial charge < -0.3 is 9.26 Å². The first-order chi connectivity index (χ1) is 11.9. The van der Waals surface area contributed by atoms with E-state index in [-0.39, 0.29) is 6.61 Å². The third-order valence-corrected chi connectivity index (χ3v) is 3.58. The van der Waals surface area contributed by atoms with Gasteiger partial charge in [0.05, 0.1) is 12.2 Å². The molecule has 1 saturated heterocycles. The van der Waals surface area contributed by atoms with Crippen molar-refractivity contribution in [2.24, 2.45) is 0 Å². The number of pyridine rings is 1. The van der Waals surface area contributed by atoms with E-state index in [1.165, 1.54) is 0 Å². The minimum absolute atomic E-state index is 0.251. The van der Waals surface area contributed by atoms with Crippen LogP contribution in [0.5, 0.6) is 5.75 Å². The van der Waals surface area contributed by atoms with Crippen molar-refractivity contribution in [2.75, 3.05) is 18.2 Å². The first kappa shape index (κ1) is 14.6. The maximum Gasteiger partial charge on any atom is 0.259 e. The van der Waals surface area contributed by atoms with Gasteiger partial charge in [-0.15, -0.1) is 0 Å². The molecule has 0 radical (unpaired) electrons. The van der Waals surface area contributed by atoms with Crippen LogP contribution in [0, 0.1) is 0 Å². The number of benzene rings is 1. The number of hydroxylamine groups is 1. The maximum absolute atomic E-state index is 5.60. The zero-order valence-corrected chi connectivity index (χ0v) is 13.0. The van der Waals surface area contributed by atoms with Gasteiger partial charge in [-0.25, -0.2) is 10.0 Å². The van der Waals surface area contributed by atoms with Gasteiger partial charge in [0.1, 0.15) is 5.75 Å². The third-order valence-electron chi connectivity index (χ3n) is 3.58. The van der Waals surface area contributed by atoms with Crippen molar-refractivity contribution >= 4 is 5.82 Å². The summed E-state index contributed by atoms with van der Waals surface area (Å²) in [6.45, 7) is 1.84. The zero-order chi connectivity index (χ0) is 16.2. The molecule has 122 valence electrons. The Hall–Kier alpha value is -2.93. The lowest BCUT2D eigenvalue weighted by molar-refractivity contribution is 0.166. The van der Waals surface area contributed by atoms with Crippen LogP contribution < -0.4 is 9.80 Å². The topological polar surface area (TPSA) is 73.5 Å². The van der Waals surface area contributed by atoms with Gasteiger partial charge in [0.2, 0.25) is 5.82 Å². The van der Waals surface area contributed by atoms with Gasteiger partial charge in [-0.3, -0.25) is 4.84 Å². The van der Waals surface area contributed by atoms with Crippen molar-refractivity contribution in [3.8, 4) is 17.2 Å². The fourth-order valence-electron chi connectivity index (χ4n) is 2.38. The highest BCUT2D eigenvalue weighted by molar-refractivity contribution is 5.54. The van der Waals surface area contributed by atoms with Gasteiger partial charge >= 0.3 is 0 Å². The average Bonchev–Trinajstić information content (AvgIpc) is 3.33. The van der Waals surface area contributed by atoms with E-state index >= 15 is 0 Å². The summed E-state index contributed by atoms with van der Waals surface area (Å²) >= 11 is 0. The van der Waals surface area contributed by atoms with Crippen LogP contribution in [0.2, 0.25) is 0 Å². The van der Waals surface area contributed by atoms with Crippen LogP contribution in [0.1, 0.15) is 12.2 Å². The van der Waals surface area contributed by atoms with E-state index in [9.17, 15) is 0 Å². The first-order valence-corrected chi connectivity index (χ1v) is 7.76. The standard InChI is InChI=1S/C17H16N4O3/c1-2-5-14(6-3-1)22-12-15-19-17(24-20-15)13-7-8-16(18-11-13)21-9-4-10-23-21/h1-3,5-8,11H,4,9-10,12H2. The summed E-state index contributed by atoms with van der Waals surface area (Å²) in [6.07, 6.45) is 2.71. The van der Waals surface area contributed by atoms with E-state index in [1.54, 1.807) is 11.3 Å². The molecule has 1 aliphatic heterocycles. The molecular weight excluding hydrogens is 308 g/mol. The van der Waals surface area contributed by atoms with Gasteiger partial charge in [0, 0.05) is 12.7 Å². The Bertz CT molecular complexity index is 783. The summed E-state index contributed by atoms with van der Waals surface area (Å²) < 4.78 is 10.9. The molecule has 0 bridgehead atoms. The Kier molecular flexibility index (Phi) is 4.07. The fraction of sp³-hybridized carbons (Fsp3) is 0.235. The van der Waals surface area contributed by atoms with Gasteiger partial charge in [-0.1, -0.05) is 23.4 Å². The Morgan fingerprint density at radius 2 is 2.04 bits per heavy atom. The molecule has 3 heterocycles. The van der Waals surface area contributed by atoms with E-state index in [0.29, 0.717) is 11.7 Å². The maximum atomic E-state index is 5.60. The second-order valence-corrected chi connectivity index (χ2v) is 5.31. The highest BCUT2D eigenvalue weighted by Gasteiger charge is 2.16. The summed E-state index contributed by atoms with van der Waals surface area (Å²) in [5.74, 6) is 2.45. The van der Waals surface area contributed by atoms with Crippen LogP contribution in [0.25, 0.3) is 11.5 Å². The lowest BCUT2D eigenvalue weighted by Gasteiger charge is -2.14. The number of para-hydroxylation sites is 1. The van der Waals surface area contributed by atoms with Gasteiger partial charge in [-0.2, -0.15) is 4.98 Å². The molecule has 0 unspecified atom stereocenters. The van der Waals surface area contributed by atoms with Gasteiger partial charge in [0.25, 0.3) is 5.89 Å². The zero-order valence-electron chi connectivity index (χ0n) is 13.0. The summed E-state index contributed by atoms with van der Waals surface area (Å²) in [4.78, 5) is 14.2. The molecular formula is C17H16N4O3. The normalized spacial score (nSPS) is 14.1. The average molecular weight is 324 g/mol. The van der Waals surface area contributed by atoms with Gasteiger partial charge in [-0.05, 0) is 30.7 Å². The van der Waals surface area contributed by atoms with E-state index < -0.39 is 0 Å². The molecule has 0 amide bonds. The second-order valence-electron chi connectivity index (χ2n) is 5.31. The fourth-order valence-corrected chi connectivity index (χ4v) is 2.38. The smallest absolute Gasteiger partial charge is 0.259 e. The number of rotatable bonds is 5. The molecule has 2 aromatic heterocycles. The molecule has 0 spiro atoms. The molecule has 1 aliphatic rings. The Morgan fingerprint density at radius 3 is 2.79 bits per heavy atom. The molecule has 1 aromatic carbocycles. The largest absolute Gasteiger partial charge is 0.485 e. The Morgan fingerprint density at radius 1 is 1.12 bits per heavy atom. The molecule has 1 fully saturated rings. The van der Waals surface area contributed by atoms with E-state index in [1.807, 2.05) is 42.5 Å². The molecule has 4 rings (SSSR count). The van der Waals surface area contributed by atoms with Crippen LogP contribution in [0.4, 0.5) is 5.82 Å². The lowest BCUT2D eigenvalue weighted by Crippen LogP contribution is -2.17. The molecule has 24 heavy (non-hydrogen) atoms. The monoisotopic (exact) mass is 324 g/mol. The highest BCUT2D eigenvalue weighted by Crippen LogP contribution is 2.21. The van der Waals surface area contributed by atoms with Crippen LogP contribution in [0.15, 0.2) is 53.2 Å². The number of nitrogens with zero attached hydrogens (tertiary/aromatic N) is 4. The summed E-state index contributed by atoms with van der Waals surface area (Å²) in [6, 6.07) is 13.3. The molecule has 0 atom stereocenters. The number of anilines is 1. The van der Waals surface area contributed by atoms with Crippen molar-refractivity contribution in [1.29, 1.82) is 0 Å². The van der Waals surface area contributed by atoms with Crippen molar-refractivity contribution in [1.82, 2.24) is 15.1 Å². The Balaban J connectivity index is 1.42. The van der Waals surface area contributed by atoms with Gasteiger partial charge in [0.15, 0.2) is 12.4 Å². The third kappa shape index (κ3) is 3.21.